The Hall–Kier alpha value is -1.40. The second-order valence-corrected chi connectivity index (χ2v) is 21.0. The maximum Gasteiger partial charge on any atom is 0.305 e. The van der Waals surface area contributed by atoms with E-state index in [1.165, 1.54) is 270 Å². The minimum atomic E-state index is -0.661. The van der Waals surface area contributed by atoms with E-state index in [-0.39, 0.29) is 18.5 Å². The molecule has 0 bridgehead atoms. The number of carbonyl (C=O) groups is 2. The first-order valence-electron chi connectivity index (χ1n) is 30.4. The van der Waals surface area contributed by atoms with Crippen LogP contribution in [0.25, 0.3) is 0 Å². The number of aliphatic hydroxyl groups excluding tert-OH is 2. The van der Waals surface area contributed by atoms with Crippen LogP contribution in [0.2, 0.25) is 0 Å². The Morgan fingerprint density at radius 3 is 1.06 bits per heavy atom. The number of aliphatic hydroxyl groups is 2. The number of ether oxygens (including phenoxy) is 1. The summed E-state index contributed by atoms with van der Waals surface area (Å²) in [6, 6.07) is -0.538. The summed E-state index contributed by atoms with van der Waals surface area (Å²) in [4.78, 5) is 24.4. The predicted molar refractivity (Wildman–Crippen MR) is 292 cm³/mol. The van der Waals surface area contributed by atoms with Crippen LogP contribution in [0.15, 0.2) is 12.2 Å². The summed E-state index contributed by atoms with van der Waals surface area (Å²) in [6.45, 7) is 4.96. The molecule has 2 atom stereocenters. The van der Waals surface area contributed by atoms with Crippen molar-refractivity contribution in [1.82, 2.24) is 5.32 Å². The third kappa shape index (κ3) is 53.8. The summed E-state index contributed by atoms with van der Waals surface area (Å²) in [5.74, 6) is -0.0183. The highest BCUT2D eigenvalue weighted by Crippen LogP contribution is 2.18. The Morgan fingerprint density at radius 1 is 0.403 bits per heavy atom. The van der Waals surface area contributed by atoms with E-state index in [2.05, 4.69) is 31.3 Å². The van der Waals surface area contributed by atoms with Crippen LogP contribution < -0.4 is 5.32 Å². The molecular formula is C61H119NO5. The monoisotopic (exact) mass is 946 g/mol. The van der Waals surface area contributed by atoms with Gasteiger partial charge in [0.2, 0.25) is 5.91 Å². The molecule has 0 spiro atoms. The lowest BCUT2D eigenvalue weighted by atomic mass is 10.0. The van der Waals surface area contributed by atoms with Gasteiger partial charge in [-0.25, -0.2) is 0 Å². The third-order valence-electron chi connectivity index (χ3n) is 14.3. The normalized spacial score (nSPS) is 12.6. The Kier molecular flexibility index (Phi) is 56.0. The topological polar surface area (TPSA) is 95.9 Å². The minimum Gasteiger partial charge on any atom is -0.466 e. The van der Waals surface area contributed by atoms with Gasteiger partial charge in [-0.1, -0.05) is 289 Å². The standard InChI is InChI=1S/C61H119NO5/c1-3-5-7-9-11-13-15-35-39-43-47-51-55-61(66)67-56-52-48-44-40-36-33-31-29-27-25-23-21-19-17-16-18-20-22-24-26-28-30-32-34-38-42-46-50-54-60(65)62-58(57-63)59(64)53-49-45-41-37-14-12-10-8-6-4-2/h16-17,58-59,63-64H,3-15,18-57H2,1-2H3,(H,62,65)/b17-16-. The molecule has 0 aromatic heterocycles. The minimum absolute atomic E-state index is 0.0168. The van der Waals surface area contributed by atoms with Crippen molar-refractivity contribution in [3.8, 4) is 0 Å². The largest absolute Gasteiger partial charge is 0.466 e. The Balaban J connectivity index is 3.34. The summed E-state index contributed by atoms with van der Waals surface area (Å²) in [5.41, 5.74) is 0. The van der Waals surface area contributed by atoms with Gasteiger partial charge in [0.05, 0.1) is 25.4 Å². The molecule has 1 amide bonds. The molecular weight excluding hydrogens is 827 g/mol. The first kappa shape index (κ1) is 65.6. The SMILES string of the molecule is CCCCCCCCCCCCCCC(=O)OCCCCCCCCCCCCCC/C=C\CCCCCCCCCCCCCCC(=O)NC(CO)C(O)CCCCCCCCCCCC. The smallest absolute Gasteiger partial charge is 0.305 e. The molecule has 6 nitrogen and oxygen atoms in total. The lowest BCUT2D eigenvalue weighted by molar-refractivity contribution is -0.143. The van der Waals surface area contributed by atoms with E-state index in [0.29, 0.717) is 25.9 Å². The van der Waals surface area contributed by atoms with Crippen LogP contribution in [0.3, 0.4) is 0 Å². The predicted octanol–water partition coefficient (Wildman–Crippen LogP) is 18.9. The average Bonchev–Trinajstić information content (AvgIpc) is 3.33. The maximum absolute atomic E-state index is 12.4. The fraction of sp³-hybridized carbons (Fsp3) is 0.934. The van der Waals surface area contributed by atoms with Crippen molar-refractivity contribution >= 4 is 11.9 Å². The average molecular weight is 947 g/mol. The molecule has 0 rings (SSSR count). The highest BCUT2D eigenvalue weighted by Gasteiger charge is 2.20. The fourth-order valence-electron chi connectivity index (χ4n) is 9.64. The van der Waals surface area contributed by atoms with Crippen LogP contribution >= 0.6 is 0 Å². The van der Waals surface area contributed by atoms with Crippen molar-refractivity contribution in [2.24, 2.45) is 0 Å². The molecule has 398 valence electrons. The number of allylic oxidation sites excluding steroid dienone is 2. The maximum atomic E-state index is 12.4. The van der Waals surface area contributed by atoms with Crippen LogP contribution in [0.4, 0.5) is 0 Å². The highest BCUT2D eigenvalue weighted by molar-refractivity contribution is 5.76. The van der Waals surface area contributed by atoms with Gasteiger partial charge in [0.1, 0.15) is 0 Å². The van der Waals surface area contributed by atoms with Gasteiger partial charge in [-0.15, -0.1) is 0 Å². The van der Waals surface area contributed by atoms with E-state index in [9.17, 15) is 19.8 Å². The van der Waals surface area contributed by atoms with Crippen molar-refractivity contribution in [2.45, 2.75) is 353 Å². The van der Waals surface area contributed by atoms with Gasteiger partial charge < -0.3 is 20.3 Å². The number of rotatable bonds is 57. The first-order chi connectivity index (χ1) is 33.0. The van der Waals surface area contributed by atoms with Crippen LogP contribution in [0.5, 0.6) is 0 Å². The zero-order valence-corrected chi connectivity index (χ0v) is 45.4. The molecule has 0 aliphatic carbocycles. The number of carbonyl (C=O) groups excluding carboxylic acids is 2. The van der Waals surface area contributed by atoms with Gasteiger partial charge in [0.25, 0.3) is 0 Å². The fourth-order valence-corrected chi connectivity index (χ4v) is 9.64. The van der Waals surface area contributed by atoms with E-state index < -0.39 is 12.1 Å². The van der Waals surface area contributed by atoms with Gasteiger partial charge in [0.15, 0.2) is 0 Å². The van der Waals surface area contributed by atoms with E-state index in [0.717, 1.165) is 38.5 Å². The quantitative estimate of drug-likeness (QED) is 0.0321. The van der Waals surface area contributed by atoms with Gasteiger partial charge in [0, 0.05) is 12.8 Å². The lowest BCUT2D eigenvalue weighted by Gasteiger charge is -2.22. The third-order valence-corrected chi connectivity index (χ3v) is 14.3. The van der Waals surface area contributed by atoms with Gasteiger partial charge in [-0.2, -0.15) is 0 Å². The molecule has 6 heteroatoms. The van der Waals surface area contributed by atoms with Crippen LogP contribution in [-0.2, 0) is 14.3 Å². The van der Waals surface area contributed by atoms with Crippen LogP contribution in [0.1, 0.15) is 341 Å². The molecule has 67 heavy (non-hydrogen) atoms. The molecule has 0 saturated carbocycles. The van der Waals surface area contributed by atoms with Crippen LogP contribution in [0, 0.1) is 0 Å². The molecule has 0 radical (unpaired) electrons. The second-order valence-electron chi connectivity index (χ2n) is 21.0. The molecule has 0 aliphatic rings. The number of esters is 1. The van der Waals surface area contributed by atoms with Gasteiger partial charge in [-0.05, 0) is 51.4 Å². The number of amides is 1. The summed E-state index contributed by atoms with van der Waals surface area (Å²) < 4.78 is 5.47. The van der Waals surface area contributed by atoms with E-state index in [4.69, 9.17) is 4.74 Å². The number of unbranched alkanes of at least 4 members (excludes halogenated alkanes) is 44. The van der Waals surface area contributed by atoms with E-state index >= 15 is 0 Å². The van der Waals surface area contributed by atoms with Crippen LogP contribution in [-0.4, -0.2) is 47.4 Å². The summed E-state index contributed by atoms with van der Waals surface area (Å²) >= 11 is 0. The van der Waals surface area contributed by atoms with E-state index in [1.807, 2.05) is 0 Å². The van der Waals surface area contributed by atoms with Crippen molar-refractivity contribution in [3.63, 3.8) is 0 Å². The number of hydrogen-bond acceptors (Lipinski definition) is 5. The lowest BCUT2D eigenvalue weighted by Crippen LogP contribution is -2.45. The molecule has 0 aromatic carbocycles. The van der Waals surface area contributed by atoms with Crippen molar-refractivity contribution in [2.75, 3.05) is 13.2 Å². The Labute approximate surface area is 419 Å². The molecule has 3 N–H and O–H groups in total. The summed E-state index contributed by atoms with van der Waals surface area (Å²) in [6.07, 6.45) is 68.0. The Morgan fingerprint density at radius 2 is 0.701 bits per heavy atom. The van der Waals surface area contributed by atoms with Crippen molar-refractivity contribution < 1.29 is 24.5 Å². The molecule has 0 aromatic rings. The zero-order chi connectivity index (χ0) is 48.6. The zero-order valence-electron chi connectivity index (χ0n) is 45.4. The highest BCUT2D eigenvalue weighted by atomic mass is 16.5. The summed E-state index contributed by atoms with van der Waals surface area (Å²) in [7, 11) is 0. The molecule has 0 aliphatic heterocycles. The number of hydrogen-bond donors (Lipinski definition) is 3. The molecule has 2 unspecified atom stereocenters. The first-order valence-corrected chi connectivity index (χ1v) is 30.4. The van der Waals surface area contributed by atoms with Gasteiger partial charge in [-0.3, -0.25) is 9.59 Å². The van der Waals surface area contributed by atoms with E-state index in [1.54, 1.807) is 0 Å². The second kappa shape index (κ2) is 57.2. The molecule has 0 fully saturated rings. The molecule has 0 heterocycles. The summed E-state index contributed by atoms with van der Waals surface area (Å²) in [5, 5.41) is 23.1. The number of nitrogens with one attached hydrogen (secondary N) is 1. The van der Waals surface area contributed by atoms with Crippen molar-refractivity contribution in [3.05, 3.63) is 12.2 Å². The van der Waals surface area contributed by atoms with Crippen molar-refractivity contribution in [1.29, 1.82) is 0 Å². The Bertz CT molecular complexity index is 1000. The van der Waals surface area contributed by atoms with Gasteiger partial charge >= 0.3 is 5.97 Å². The molecule has 0 saturated heterocycles.